The van der Waals surface area contributed by atoms with Gasteiger partial charge in [0.2, 0.25) is 5.89 Å². The summed E-state index contributed by atoms with van der Waals surface area (Å²) in [6.45, 7) is 0.417. The monoisotopic (exact) mass is 384 g/mol. The molecule has 0 aliphatic heterocycles. The average Bonchev–Trinajstić information content (AvgIpc) is 3.17. The lowest BCUT2D eigenvalue weighted by molar-refractivity contribution is 0.405. The summed E-state index contributed by atoms with van der Waals surface area (Å²) in [7, 11) is 3.16. The highest BCUT2D eigenvalue weighted by atomic mass is 19.1. The van der Waals surface area contributed by atoms with Crippen molar-refractivity contribution in [2.45, 2.75) is 6.42 Å². The Morgan fingerprint density at radius 3 is 2.68 bits per heavy atom. The second-order valence-electron chi connectivity index (χ2n) is 5.86. The molecule has 0 spiro atoms. The normalized spacial score (nSPS) is 11.3. The van der Waals surface area contributed by atoms with Gasteiger partial charge in [-0.25, -0.2) is 9.37 Å². The highest BCUT2D eigenvalue weighted by Crippen LogP contribution is 2.28. The van der Waals surface area contributed by atoms with Crippen LogP contribution in [-0.4, -0.2) is 31.7 Å². The van der Waals surface area contributed by atoms with E-state index < -0.39 is 0 Å². The van der Waals surface area contributed by atoms with Gasteiger partial charge in [0.25, 0.3) is 0 Å². The van der Waals surface area contributed by atoms with Crippen LogP contribution in [0.5, 0.6) is 11.5 Å². The number of nitrogens with one attached hydrogen (secondary N) is 1. The third-order valence-electron chi connectivity index (χ3n) is 3.96. The number of aliphatic imine (C=N–C) groups is 1. The maximum absolute atomic E-state index is 13.0. The molecule has 0 amide bonds. The zero-order valence-electron chi connectivity index (χ0n) is 15.6. The van der Waals surface area contributed by atoms with E-state index in [1.165, 1.54) is 12.1 Å². The number of halogens is 1. The minimum absolute atomic E-state index is 0.244. The van der Waals surface area contributed by atoms with E-state index in [1.807, 2.05) is 0 Å². The Balaban J connectivity index is 1.60. The molecule has 28 heavy (non-hydrogen) atoms. The molecule has 3 rings (SSSR count). The third-order valence-corrected chi connectivity index (χ3v) is 3.96. The van der Waals surface area contributed by atoms with Crippen LogP contribution in [0.25, 0.3) is 11.5 Å². The molecule has 2 aromatic carbocycles. The first-order chi connectivity index (χ1) is 13.6. The maximum atomic E-state index is 13.0. The molecule has 0 radical (unpaired) electrons. The number of oxazole rings is 1. The first-order valence-electron chi connectivity index (χ1n) is 8.58. The van der Waals surface area contributed by atoms with Crippen molar-refractivity contribution in [3.63, 3.8) is 0 Å². The summed E-state index contributed by atoms with van der Waals surface area (Å²) in [4.78, 5) is 8.68. The van der Waals surface area contributed by atoms with Crippen molar-refractivity contribution >= 4 is 11.6 Å². The van der Waals surface area contributed by atoms with Crippen LogP contribution in [0.4, 0.5) is 10.1 Å². The van der Waals surface area contributed by atoms with Crippen LogP contribution in [0.2, 0.25) is 0 Å². The van der Waals surface area contributed by atoms with Crippen molar-refractivity contribution in [1.29, 1.82) is 0 Å². The lowest BCUT2D eigenvalue weighted by Crippen LogP contribution is -2.23. The molecular weight excluding hydrogens is 363 g/mol. The van der Waals surface area contributed by atoms with Gasteiger partial charge in [0.05, 0.1) is 25.6 Å². The van der Waals surface area contributed by atoms with Gasteiger partial charge in [-0.05, 0) is 36.4 Å². The van der Waals surface area contributed by atoms with Gasteiger partial charge < -0.3 is 24.9 Å². The number of hydrogen-bond donors (Lipinski definition) is 2. The Bertz CT molecular complexity index is 954. The molecule has 0 aliphatic rings. The van der Waals surface area contributed by atoms with Gasteiger partial charge in [0, 0.05) is 24.6 Å². The molecule has 0 bridgehead atoms. The molecule has 3 N–H and O–H groups in total. The molecule has 0 saturated heterocycles. The standard InChI is InChI=1S/C20H21FN4O3/c1-26-16-7-8-18(27-2)17(11-16)25-20(22)23-10-9-15-12-28-19(24-15)13-3-5-14(21)6-4-13/h3-8,11-12H,9-10H2,1-2H3,(H3,22,23,25). The number of nitrogens with two attached hydrogens (primary N) is 1. The summed E-state index contributed by atoms with van der Waals surface area (Å²) < 4.78 is 28.9. The summed E-state index contributed by atoms with van der Waals surface area (Å²) in [5.74, 6) is 1.67. The van der Waals surface area contributed by atoms with Crippen LogP contribution in [0.1, 0.15) is 5.69 Å². The Morgan fingerprint density at radius 1 is 1.18 bits per heavy atom. The summed E-state index contributed by atoms with van der Waals surface area (Å²) >= 11 is 0. The number of guanidine groups is 1. The van der Waals surface area contributed by atoms with E-state index in [1.54, 1.807) is 50.8 Å². The van der Waals surface area contributed by atoms with E-state index in [9.17, 15) is 4.39 Å². The lowest BCUT2D eigenvalue weighted by Gasteiger charge is -2.12. The first kappa shape index (κ1) is 19.2. The van der Waals surface area contributed by atoms with Gasteiger partial charge >= 0.3 is 0 Å². The number of hydrogen-bond acceptors (Lipinski definition) is 5. The fourth-order valence-corrected chi connectivity index (χ4v) is 2.53. The summed E-state index contributed by atoms with van der Waals surface area (Å²) in [5, 5.41) is 3.00. The van der Waals surface area contributed by atoms with Crippen molar-refractivity contribution in [3.05, 3.63) is 60.2 Å². The van der Waals surface area contributed by atoms with E-state index in [-0.39, 0.29) is 11.8 Å². The number of methoxy groups -OCH3 is 2. The Kier molecular flexibility index (Phi) is 6.11. The highest BCUT2D eigenvalue weighted by molar-refractivity contribution is 5.94. The van der Waals surface area contributed by atoms with Crippen molar-refractivity contribution in [2.24, 2.45) is 10.7 Å². The topological polar surface area (TPSA) is 94.9 Å². The zero-order valence-corrected chi connectivity index (χ0v) is 15.6. The summed E-state index contributed by atoms with van der Waals surface area (Å²) in [6.07, 6.45) is 2.10. The van der Waals surface area contributed by atoms with Crippen LogP contribution < -0.4 is 20.5 Å². The number of aromatic nitrogens is 1. The molecule has 146 valence electrons. The second-order valence-corrected chi connectivity index (χ2v) is 5.86. The number of ether oxygens (including phenoxy) is 2. The largest absolute Gasteiger partial charge is 0.497 e. The van der Waals surface area contributed by atoms with Gasteiger partial charge in [0.1, 0.15) is 23.6 Å². The quantitative estimate of drug-likeness (QED) is 0.478. The predicted octanol–water partition coefficient (Wildman–Crippen LogP) is 3.47. The third kappa shape index (κ3) is 4.79. The zero-order chi connectivity index (χ0) is 19.9. The second kappa shape index (κ2) is 8.90. The molecule has 1 aromatic heterocycles. The Morgan fingerprint density at radius 2 is 1.96 bits per heavy atom. The first-order valence-corrected chi connectivity index (χ1v) is 8.58. The van der Waals surface area contributed by atoms with Crippen LogP contribution >= 0.6 is 0 Å². The molecule has 0 unspecified atom stereocenters. The van der Waals surface area contributed by atoms with Crippen molar-refractivity contribution in [3.8, 4) is 23.0 Å². The number of rotatable bonds is 7. The summed E-state index contributed by atoms with van der Waals surface area (Å²) in [6, 6.07) is 11.3. The molecule has 0 atom stereocenters. The Hall–Kier alpha value is -3.55. The molecule has 8 heteroatoms. The SMILES string of the molecule is COc1ccc(OC)c(NC(N)=NCCc2coc(-c3ccc(F)cc3)n2)c1. The van der Waals surface area contributed by atoms with Gasteiger partial charge in [-0.15, -0.1) is 0 Å². The van der Waals surface area contributed by atoms with Gasteiger partial charge in [-0.3, -0.25) is 4.99 Å². The van der Waals surface area contributed by atoms with E-state index in [0.29, 0.717) is 41.6 Å². The average molecular weight is 384 g/mol. The van der Waals surface area contributed by atoms with Crippen LogP contribution in [0.15, 0.2) is 58.1 Å². The molecular formula is C20H21FN4O3. The number of anilines is 1. The van der Waals surface area contributed by atoms with Crippen LogP contribution in [0.3, 0.4) is 0 Å². The van der Waals surface area contributed by atoms with Crippen LogP contribution in [-0.2, 0) is 6.42 Å². The minimum Gasteiger partial charge on any atom is -0.497 e. The smallest absolute Gasteiger partial charge is 0.226 e. The molecule has 0 fully saturated rings. The van der Waals surface area contributed by atoms with E-state index in [4.69, 9.17) is 19.6 Å². The number of nitrogens with zero attached hydrogens (tertiary/aromatic N) is 2. The fourth-order valence-electron chi connectivity index (χ4n) is 2.53. The molecule has 0 aliphatic carbocycles. The fraction of sp³-hybridized carbons (Fsp3) is 0.200. The van der Waals surface area contributed by atoms with Crippen LogP contribution in [0, 0.1) is 5.82 Å². The lowest BCUT2D eigenvalue weighted by atomic mass is 10.2. The van der Waals surface area contributed by atoms with Crippen molar-refractivity contribution < 1.29 is 18.3 Å². The highest BCUT2D eigenvalue weighted by Gasteiger charge is 2.08. The molecule has 0 saturated carbocycles. The predicted molar refractivity (Wildman–Crippen MR) is 105 cm³/mol. The number of benzene rings is 2. The maximum Gasteiger partial charge on any atom is 0.226 e. The minimum atomic E-state index is -0.305. The van der Waals surface area contributed by atoms with Gasteiger partial charge in [-0.2, -0.15) is 0 Å². The van der Waals surface area contributed by atoms with E-state index in [2.05, 4.69) is 15.3 Å². The molecule has 3 aromatic rings. The molecule has 1 heterocycles. The van der Waals surface area contributed by atoms with Crippen molar-refractivity contribution in [2.75, 3.05) is 26.1 Å². The molecule has 7 nitrogen and oxygen atoms in total. The summed E-state index contributed by atoms with van der Waals surface area (Å²) in [5.41, 5.74) is 8.06. The van der Waals surface area contributed by atoms with E-state index in [0.717, 1.165) is 5.69 Å². The van der Waals surface area contributed by atoms with E-state index >= 15 is 0 Å². The van der Waals surface area contributed by atoms with Crippen molar-refractivity contribution in [1.82, 2.24) is 4.98 Å². The van der Waals surface area contributed by atoms with Gasteiger partial charge in [0.15, 0.2) is 5.96 Å². The Labute approximate surface area is 162 Å². The van der Waals surface area contributed by atoms with Gasteiger partial charge in [-0.1, -0.05) is 0 Å².